The Hall–Kier alpha value is -1.30. The van der Waals surface area contributed by atoms with Crippen molar-refractivity contribution in [2.24, 2.45) is 5.73 Å². The quantitative estimate of drug-likeness (QED) is 0.856. The van der Waals surface area contributed by atoms with E-state index in [0.29, 0.717) is 37.0 Å². The van der Waals surface area contributed by atoms with Crippen LogP contribution < -0.4 is 11.1 Å². The summed E-state index contributed by atoms with van der Waals surface area (Å²) in [6.07, 6.45) is -0.0798. The molecule has 5 nitrogen and oxygen atoms in total. The summed E-state index contributed by atoms with van der Waals surface area (Å²) in [6, 6.07) is 6.90. The maximum absolute atomic E-state index is 12.0. The number of carbonyl (C=O) groups excluding carboxylic acids is 1. The van der Waals surface area contributed by atoms with Gasteiger partial charge in [-0.05, 0) is 18.2 Å². The average Bonchev–Trinajstić information content (AvgIpc) is 2.39. The Morgan fingerprint density at radius 1 is 1.61 bits per heavy atom. The molecule has 1 atom stereocenters. The molecular weight excluding hydrogens is 254 g/mol. The summed E-state index contributed by atoms with van der Waals surface area (Å²) in [7, 11) is 0. The molecule has 1 unspecified atom stereocenters. The first-order valence-electron chi connectivity index (χ1n) is 5.82. The fraction of sp³-hybridized carbons (Fsp3) is 0.417. The van der Waals surface area contributed by atoms with Crippen molar-refractivity contribution in [1.29, 1.82) is 0 Å². The first-order valence-corrected chi connectivity index (χ1v) is 6.20. The molecule has 1 aromatic rings. The van der Waals surface area contributed by atoms with Crippen molar-refractivity contribution < 1.29 is 9.53 Å². The Bertz CT molecular complexity index is 428. The van der Waals surface area contributed by atoms with Crippen LogP contribution >= 0.6 is 11.6 Å². The predicted molar refractivity (Wildman–Crippen MR) is 70.8 cm³/mol. The van der Waals surface area contributed by atoms with Crippen LogP contribution in [0, 0.1) is 0 Å². The maximum atomic E-state index is 12.0. The summed E-state index contributed by atoms with van der Waals surface area (Å²) in [5, 5.41) is 3.40. The second-order valence-electron chi connectivity index (χ2n) is 4.12. The lowest BCUT2D eigenvalue weighted by Gasteiger charge is -2.32. The fourth-order valence-electron chi connectivity index (χ4n) is 1.82. The molecule has 0 radical (unpaired) electrons. The van der Waals surface area contributed by atoms with E-state index >= 15 is 0 Å². The lowest BCUT2D eigenvalue weighted by atomic mass is 10.3. The highest BCUT2D eigenvalue weighted by Gasteiger charge is 2.23. The van der Waals surface area contributed by atoms with Gasteiger partial charge in [0.1, 0.15) is 0 Å². The standard InChI is InChI=1S/C12H16ClN3O2/c13-9-2-1-3-10(6-9)15-12(17)16-4-5-18-11(7-14)8-16/h1-3,6,11H,4-5,7-8,14H2,(H,15,17). The number of rotatable bonds is 2. The third-order valence-electron chi connectivity index (χ3n) is 2.76. The van der Waals surface area contributed by atoms with Gasteiger partial charge in [0.05, 0.1) is 12.7 Å². The van der Waals surface area contributed by atoms with Crippen LogP contribution in [-0.2, 0) is 4.74 Å². The largest absolute Gasteiger partial charge is 0.373 e. The number of urea groups is 1. The molecule has 2 amide bonds. The molecule has 6 heteroatoms. The summed E-state index contributed by atoms with van der Waals surface area (Å²) in [4.78, 5) is 13.7. The number of amides is 2. The van der Waals surface area contributed by atoms with E-state index in [1.165, 1.54) is 0 Å². The predicted octanol–water partition coefficient (Wildman–Crippen LogP) is 1.53. The van der Waals surface area contributed by atoms with E-state index in [2.05, 4.69) is 5.32 Å². The Morgan fingerprint density at radius 3 is 3.17 bits per heavy atom. The van der Waals surface area contributed by atoms with Crippen molar-refractivity contribution in [2.45, 2.75) is 6.10 Å². The Balaban J connectivity index is 1.95. The molecule has 1 aliphatic heterocycles. The van der Waals surface area contributed by atoms with Gasteiger partial charge in [-0.1, -0.05) is 17.7 Å². The molecule has 1 aromatic carbocycles. The van der Waals surface area contributed by atoms with E-state index in [1.54, 1.807) is 29.2 Å². The van der Waals surface area contributed by atoms with E-state index in [9.17, 15) is 4.79 Å². The van der Waals surface area contributed by atoms with Crippen LogP contribution in [0.25, 0.3) is 0 Å². The molecule has 0 saturated carbocycles. The van der Waals surface area contributed by atoms with Crippen molar-refractivity contribution in [3.05, 3.63) is 29.3 Å². The average molecular weight is 270 g/mol. The summed E-state index contributed by atoms with van der Waals surface area (Å²) in [5.41, 5.74) is 6.22. The topological polar surface area (TPSA) is 67.6 Å². The Kier molecular flexibility index (Phi) is 4.41. The maximum Gasteiger partial charge on any atom is 0.322 e. The second kappa shape index (κ2) is 6.04. The van der Waals surface area contributed by atoms with Gasteiger partial charge in [0.25, 0.3) is 0 Å². The molecule has 1 aliphatic rings. The molecule has 1 saturated heterocycles. The minimum Gasteiger partial charge on any atom is -0.373 e. The van der Waals surface area contributed by atoms with E-state index in [-0.39, 0.29) is 12.1 Å². The number of carbonyl (C=O) groups is 1. The third-order valence-corrected chi connectivity index (χ3v) is 3.00. The number of anilines is 1. The number of benzene rings is 1. The van der Waals surface area contributed by atoms with Gasteiger partial charge in [-0.25, -0.2) is 4.79 Å². The zero-order valence-corrected chi connectivity index (χ0v) is 10.7. The van der Waals surface area contributed by atoms with Gasteiger partial charge in [-0.3, -0.25) is 0 Å². The first-order chi connectivity index (χ1) is 8.69. The van der Waals surface area contributed by atoms with Crippen LogP contribution in [0.4, 0.5) is 10.5 Å². The molecule has 1 fully saturated rings. The van der Waals surface area contributed by atoms with Crippen LogP contribution in [0.15, 0.2) is 24.3 Å². The van der Waals surface area contributed by atoms with Crippen LogP contribution in [0.5, 0.6) is 0 Å². The molecule has 0 aromatic heterocycles. The van der Waals surface area contributed by atoms with E-state index in [4.69, 9.17) is 22.1 Å². The van der Waals surface area contributed by atoms with Gasteiger partial charge in [0, 0.05) is 30.3 Å². The summed E-state index contributed by atoms with van der Waals surface area (Å²) in [5.74, 6) is 0. The van der Waals surface area contributed by atoms with Gasteiger partial charge >= 0.3 is 6.03 Å². The molecule has 0 aliphatic carbocycles. The SMILES string of the molecule is NCC1CN(C(=O)Nc2cccc(Cl)c2)CCO1. The van der Waals surface area contributed by atoms with E-state index in [0.717, 1.165) is 0 Å². The fourth-order valence-corrected chi connectivity index (χ4v) is 2.01. The number of hydrogen-bond donors (Lipinski definition) is 2. The zero-order valence-electron chi connectivity index (χ0n) is 9.93. The first kappa shape index (κ1) is 13.1. The highest BCUT2D eigenvalue weighted by Crippen LogP contribution is 2.16. The van der Waals surface area contributed by atoms with Gasteiger partial charge in [0.2, 0.25) is 0 Å². The zero-order chi connectivity index (χ0) is 13.0. The number of ether oxygens (including phenoxy) is 1. The highest BCUT2D eigenvalue weighted by atomic mass is 35.5. The lowest BCUT2D eigenvalue weighted by Crippen LogP contribution is -2.49. The summed E-state index contributed by atoms with van der Waals surface area (Å²) >= 11 is 5.86. The second-order valence-corrected chi connectivity index (χ2v) is 4.55. The molecule has 98 valence electrons. The van der Waals surface area contributed by atoms with Gasteiger partial charge in [-0.2, -0.15) is 0 Å². The van der Waals surface area contributed by atoms with Crippen LogP contribution in [0.1, 0.15) is 0 Å². The van der Waals surface area contributed by atoms with Crippen molar-refractivity contribution in [3.8, 4) is 0 Å². The number of nitrogens with zero attached hydrogens (tertiary/aromatic N) is 1. The monoisotopic (exact) mass is 269 g/mol. The molecule has 1 heterocycles. The van der Waals surface area contributed by atoms with Crippen molar-refractivity contribution >= 4 is 23.3 Å². The normalized spacial score (nSPS) is 19.7. The molecular formula is C12H16ClN3O2. The number of morpholine rings is 1. The Labute approximate surface area is 111 Å². The molecule has 0 bridgehead atoms. The van der Waals surface area contributed by atoms with Crippen molar-refractivity contribution in [1.82, 2.24) is 4.90 Å². The van der Waals surface area contributed by atoms with Crippen LogP contribution in [0.3, 0.4) is 0 Å². The smallest absolute Gasteiger partial charge is 0.322 e. The highest BCUT2D eigenvalue weighted by molar-refractivity contribution is 6.30. The molecule has 3 N–H and O–H groups in total. The van der Waals surface area contributed by atoms with Crippen LogP contribution in [0.2, 0.25) is 5.02 Å². The van der Waals surface area contributed by atoms with Gasteiger partial charge in [0.15, 0.2) is 0 Å². The molecule has 0 spiro atoms. The van der Waals surface area contributed by atoms with E-state index < -0.39 is 0 Å². The third kappa shape index (κ3) is 3.35. The van der Waals surface area contributed by atoms with Crippen LogP contribution in [-0.4, -0.2) is 43.3 Å². The van der Waals surface area contributed by atoms with Crippen molar-refractivity contribution in [2.75, 3.05) is 31.6 Å². The minimum atomic E-state index is -0.154. The van der Waals surface area contributed by atoms with Gasteiger partial charge in [-0.15, -0.1) is 0 Å². The van der Waals surface area contributed by atoms with Crippen molar-refractivity contribution in [3.63, 3.8) is 0 Å². The number of halogens is 1. The number of nitrogens with one attached hydrogen (secondary N) is 1. The molecule has 18 heavy (non-hydrogen) atoms. The number of hydrogen-bond acceptors (Lipinski definition) is 3. The minimum absolute atomic E-state index is 0.0798. The van der Waals surface area contributed by atoms with Gasteiger partial charge < -0.3 is 20.7 Å². The summed E-state index contributed by atoms with van der Waals surface area (Å²) in [6.45, 7) is 2.03. The Morgan fingerprint density at radius 2 is 2.44 bits per heavy atom. The number of nitrogens with two attached hydrogens (primary N) is 1. The van der Waals surface area contributed by atoms with E-state index in [1.807, 2.05) is 0 Å². The lowest BCUT2D eigenvalue weighted by molar-refractivity contribution is -0.00660. The molecule has 2 rings (SSSR count). The summed E-state index contributed by atoms with van der Waals surface area (Å²) < 4.78 is 5.41.